The molecular weight excluding hydrogens is 316 g/mol. The minimum atomic E-state index is -3.52. The molecule has 0 radical (unpaired) electrons. The molecule has 1 saturated heterocycles. The monoisotopic (exact) mass is 340 g/mol. The summed E-state index contributed by atoms with van der Waals surface area (Å²) in [5.74, 6) is 1.78. The first-order valence-electron chi connectivity index (χ1n) is 8.16. The summed E-state index contributed by atoms with van der Waals surface area (Å²) in [6.45, 7) is 6.44. The van der Waals surface area contributed by atoms with Crippen LogP contribution in [0, 0.1) is 5.92 Å². The van der Waals surface area contributed by atoms with Gasteiger partial charge in [-0.1, -0.05) is 6.92 Å². The van der Waals surface area contributed by atoms with E-state index >= 15 is 0 Å². The van der Waals surface area contributed by atoms with E-state index < -0.39 is 10.0 Å². The van der Waals surface area contributed by atoms with Gasteiger partial charge >= 0.3 is 0 Å². The summed E-state index contributed by atoms with van der Waals surface area (Å²) < 4.78 is 38.3. The van der Waals surface area contributed by atoms with Gasteiger partial charge in [-0.3, -0.25) is 0 Å². The SMILES string of the molecule is C[C@@H]1CCCN(CCNS(=O)(=O)c2ccc3c(c2)OCCO3)C1. The third-order valence-corrected chi connectivity index (χ3v) is 5.74. The van der Waals surface area contributed by atoms with E-state index in [0.29, 0.717) is 37.2 Å². The molecule has 128 valence electrons. The van der Waals surface area contributed by atoms with E-state index in [1.54, 1.807) is 12.1 Å². The van der Waals surface area contributed by atoms with Gasteiger partial charge in [0.15, 0.2) is 11.5 Å². The number of rotatable bonds is 5. The average molecular weight is 340 g/mol. The van der Waals surface area contributed by atoms with E-state index in [-0.39, 0.29) is 4.90 Å². The summed E-state index contributed by atoms with van der Waals surface area (Å²) in [6.07, 6.45) is 2.45. The quantitative estimate of drug-likeness (QED) is 0.879. The normalized spacial score (nSPS) is 22.0. The number of piperidine rings is 1. The maximum Gasteiger partial charge on any atom is 0.240 e. The minimum absolute atomic E-state index is 0.216. The molecule has 1 N–H and O–H groups in total. The average Bonchev–Trinajstić information content (AvgIpc) is 2.54. The van der Waals surface area contributed by atoms with E-state index in [0.717, 1.165) is 19.6 Å². The van der Waals surface area contributed by atoms with E-state index in [1.807, 2.05) is 0 Å². The molecule has 1 atom stereocenters. The van der Waals surface area contributed by atoms with Gasteiger partial charge in [0.25, 0.3) is 0 Å². The summed E-state index contributed by atoms with van der Waals surface area (Å²) in [6, 6.07) is 4.73. The van der Waals surface area contributed by atoms with E-state index in [2.05, 4.69) is 16.5 Å². The van der Waals surface area contributed by atoms with Gasteiger partial charge in [0.1, 0.15) is 13.2 Å². The second-order valence-corrected chi connectivity index (χ2v) is 8.02. The Labute approximate surface area is 137 Å². The fourth-order valence-electron chi connectivity index (χ4n) is 3.10. The van der Waals surface area contributed by atoms with Crippen molar-refractivity contribution in [1.29, 1.82) is 0 Å². The van der Waals surface area contributed by atoms with Crippen LogP contribution >= 0.6 is 0 Å². The first kappa shape index (κ1) is 16.5. The molecular formula is C16H24N2O4S. The Hall–Kier alpha value is -1.31. The molecule has 1 aromatic carbocycles. The second kappa shape index (κ2) is 7.07. The summed E-state index contributed by atoms with van der Waals surface area (Å²) in [4.78, 5) is 2.54. The highest BCUT2D eigenvalue weighted by atomic mass is 32.2. The lowest BCUT2D eigenvalue weighted by molar-refractivity contribution is 0.171. The highest BCUT2D eigenvalue weighted by Crippen LogP contribution is 2.32. The number of benzene rings is 1. The molecule has 3 rings (SSSR count). The van der Waals surface area contributed by atoms with Crippen LogP contribution in [0.3, 0.4) is 0 Å². The number of hydrogen-bond acceptors (Lipinski definition) is 5. The van der Waals surface area contributed by atoms with Crippen LogP contribution in [0.1, 0.15) is 19.8 Å². The molecule has 0 aromatic heterocycles. The summed E-state index contributed by atoms with van der Waals surface area (Å²) in [5.41, 5.74) is 0. The van der Waals surface area contributed by atoms with Gasteiger partial charge < -0.3 is 14.4 Å². The Morgan fingerprint density at radius 3 is 2.83 bits per heavy atom. The van der Waals surface area contributed by atoms with Crippen LogP contribution in [0.4, 0.5) is 0 Å². The number of fused-ring (bicyclic) bond motifs is 1. The number of likely N-dealkylation sites (tertiary alicyclic amines) is 1. The molecule has 0 bridgehead atoms. The zero-order valence-electron chi connectivity index (χ0n) is 13.5. The van der Waals surface area contributed by atoms with Crippen molar-refractivity contribution in [3.63, 3.8) is 0 Å². The lowest BCUT2D eigenvalue weighted by Crippen LogP contribution is -2.40. The van der Waals surface area contributed by atoms with Crippen molar-refractivity contribution < 1.29 is 17.9 Å². The van der Waals surface area contributed by atoms with Crippen molar-refractivity contribution in [2.24, 2.45) is 5.92 Å². The molecule has 1 fully saturated rings. The zero-order chi connectivity index (χ0) is 16.3. The predicted molar refractivity (Wildman–Crippen MR) is 87.5 cm³/mol. The van der Waals surface area contributed by atoms with Crippen molar-refractivity contribution in [1.82, 2.24) is 9.62 Å². The Morgan fingerprint density at radius 1 is 1.26 bits per heavy atom. The fourth-order valence-corrected chi connectivity index (χ4v) is 4.14. The number of hydrogen-bond donors (Lipinski definition) is 1. The molecule has 0 unspecified atom stereocenters. The molecule has 0 aliphatic carbocycles. The Balaban J connectivity index is 1.58. The minimum Gasteiger partial charge on any atom is -0.486 e. The van der Waals surface area contributed by atoms with Crippen LogP contribution in [0.25, 0.3) is 0 Å². The van der Waals surface area contributed by atoms with Gasteiger partial charge in [0.05, 0.1) is 4.90 Å². The lowest BCUT2D eigenvalue weighted by Gasteiger charge is -2.30. The molecule has 1 aromatic rings. The third-order valence-electron chi connectivity index (χ3n) is 4.29. The van der Waals surface area contributed by atoms with Crippen LogP contribution in [0.5, 0.6) is 11.5 Å². The number of sulfonamides is 1. The van der Waals surface area contributed by atoms with E-state index in [4.69, 9.17) is 9.47 Å². The smallest absolute Gasteiger partial charge is 0.240 e. The topological polar surface area (TPSA) is 67.9 Å². The molecule has 6 nitrogen and oxygen atoms in total. The highest BCUT2D eigenvalue weighted by molar-refractivity contribution is 7.89. The van der Waals surface area contributed by atoms with Gasteiger partial charge in [0.2, 0.25) is 10.0 Å². The maximum absolute atomic E-state index is 12.4. The van der Waals surface area contributed by atoms with E-state index in [9.17, 15) is 8.42 Å². The number of nitrogens with one attached hydrogen (secondary N) is 1. The summed E-state index contributed by atoms with van der Waals surface area (Å²) in [7, 11) is -3.52. The van der Waals surface area contributed by atoms with Crippen LogP contribution in [0.15, 0.2) is 23.1 Å². The molecule has 7 heteroatoms. The van der Waals surface area contributed by atoms with Gasteiger partial charge in [0, 0.05) is 25.7 Å². The zero-order valence-corrected chi connectivity index (χ0v) is 14.3. The van der Waals surface area contributed by atoms with Crippen molar-refractivity contribution in [3.8, 4) is 11.5 Å². The van der Waals surface area contributed by atoms with Crippen molar-refractivity contribution in [2.75, 3.05) is 39.4 Å². The number of nitrogens with zero attached hydrogens (tertiary/aromatic N) is 1. The first-order chi connectivity index (χ1) is 11.0. The largest absolute Gasteiger partial charge is 0.486 e. The van der Waals surface area contributed by atoms with Crippen LogP contribution in [0.2, 0.25) is 0 Å². The molecule has 0 spiro atoms. The van der Waals surface area contributed by atoms with Crippen molar-refractivity contribution in [3.05, 3.63) is 18.2 Å². The van der Waals surface area contributed by atoms with Crippen LogP contribution in [-0.4, -0.2) is 52.7 Å². The van der Waals surface area contributed by atoms with Crippen LogP contribution in [-0.2, 0) is 10.0 Å². The molecule has 0 amide bonds. The second-order valence-electron chi connectivity index (χ2n) is 6.25. The molecule has 0 saturated carbocycles. The first-order valence-corrected chi connectivity index (χ1v) is 9.64. The van der Waals surface area contributed by atoms with Gasteiger partial charge in [-0.15, -0.1) is 0 Å². The van der Waals surface area contributed by atoms with Crippen molar-refractivity contribution in [2.45, 2.75) is 24.7 Å². The maximum atomic E-state index is 12.4. The predicted octanol–water partition coefficient (Wildman–Crippen LogP) is 1.47. The van der Waals surface area contributed by atoms with Crippen LogP contribution < -0.4 is 14.2 Å². The van der Waals surface area contributed by atoms with Gasteiger partial charge in [-0.25, -0.2) is 13.1 Å². The Bertz CT molecular complexity index is 647. The van der Waals surface area contributed by atoms with Gasteiger partial charge in [-0.2, -0.15) is 0 Å². The Kier molecular flexibility index (Phi) is 5.08. The van der Waals surface area contributed by atoms with E-state index in [1.165, 1.54) is 18.9 Å². The van der Waals surface area contributed by atoms with Crippen molar-refractivity contribution >= 4 is 10.0 Å². The summed E-state index contributed by atoms with van der Waals surface area (Å²) in [5, 5.41) is 0. The fraction of sp³-hybridized carbons (Fsp3) is 0.625. The molecule has 2 aliphatic heterocycles. The third kappa shape index (κ3) is 4.16. The molecule has 23 heavy (non-hydrogen) atoms. The standard InChI is InChI=1S/C16H24N2O4S/c1-13-3-2-7-18(12-13)8-6-17-23(19,20)14-4-5-15-16(11-14)22-10-9-21-15/h4-5,11,13,17H,2-3,6-10,12H2,1H3/t13-/m1/s1. The lowest BCUT2D eigenvalue weighted by atomic mass is 10.0. The highest BCUT2D eigenvalue weighted by Gasteiger charge is 2.20. The summed E-state index contributed by atoms with van der Waals surface area (Å²) >= 11 is 0. The molecule has 2 aliphatic rings. The Morgan fingerprint density at radius 2 is 2.04 bits per heavy atom. The van der Waals surface area contributed by atoms with Gasteiger partial charge in [-0.05, 0) is 37.4 Å². The number of ether oxygens (including phenoxy) is 2. The molecule has 2 heterocycles.